The lowest BCUT2D eigenvalue weighted by molar-refractivity contribution is -0.277. The minimum atomic E-state index is -1.51. The van der Waals surface area contributed by atoms with Gasteiger partial charge in [0.2, 0.25) is 12.2 Å². The Balaban J connectivity index is 1.78. The Hall–Kier alpha value is -2.49. The predicted molar refractivity (Wildman–Crippen MR) is 94.8 cm³/mol. The molecule has 1 fully saturated rings. The summed E-state index contributed by atoms with van der Waals surface area (Å²) in [5.74, 6) is -0.202. The third-order valence-electron chi connectivity index (χ3n) is 4.46. The van der Waals surface area contributed by atoms with Crippen LogP contribution in [0.4, 0.5) is 0 Å². The van der Waals surface area contributed by atoms with Gasteiger partial charge in [-0.1, -0.05) is 30.3 Å². The summed E-state index contributed by atoms with van der Waals surface area (Å²) in [6.07, 6.45) is -6.75. The summed E-state index contributed by atoms with van der Waals surface area (Å²) >= 11 is 0. The van der Waals surface area contributed by atoms with E-state index in [4.69, 9.17) is 15.2 Å². The van der Waals surface area contributed by atoms with E-state index in [9.17, 15) is 25.2 Å². The molecule has 144 valence electrons. The molecule has 1 saturated heterocycles. The smallest absolute Gasteiger partial charge is 0.249 e. The van der Waals surface area contributed by atoms with Crippen molar-refractivity contribution in [3.8, 4) is 16.9 Å². The van der Waals surface area contributed by atoms with Crippen molar-refractivity contribution in [1.82, 2.24) is 0 Å². The molecule has 1 aliphatic heterocycles. The van der Waals surface area contributed by atoms with Crippen LogP contribution in [-0.2, 0) is 4.74 Å². The third-order valence-corrected chi connectivity index (χ3v) is 4.46. The van der Waals surface area contributed by atoms with E-state index in [1.54, 1.807) is 48.5 Å². The first kappa shape index (κ1) is 19.3. The molecule has 5 atom stereocenters. The summed E-state index contributed by atoms with van der Waals surface area (Å²) in [5.41, 5.74) is 7.20. The highest BCUT2D eigenvalue weighted by atomic mass is 16.7. The molecule has 5 unspecified atom stereocenters. The minimum Gasteiger partial charge on any atom is -0.462 e. The van der Waals surface area contributed by atoms with Gasteiger partial charge in [-0.05, 0) is 29.3 Å². The first-order chi connectivity index (χ1) is 12.9. The fraction of sp³-hybridized carbons (Fsp3) is 0.316. The maximum atomic E-state index is 11.6. The molecule has 0 saturated carbocycles. The number of amides is 1. The molecule has 0 aliphatic carbocycles. The van der Waals surface area contributed by atoms with Crippen LogP contribution in [0.15, 0.2) is 48.5 Å². The molecule has 6 N–H and O–H groups in total. The second-order valence-corrected chi connectivity index (χ2v) is 6.25. The fourth-order valence-corrected chi connectivity index (χ4v) is 2.96. The van der Waals surface area contributed by atoms with Gasteiger partial charge >= 0.3 is 0 Å². The zero-order chi connectivity index (χ0) is 19.6. The summed E-state index contributed by atoms with van der Waals surface area (Å²) in [7, 11) is 0. The summed E-state index contributed by atoms with van der Waals surface area (Å²) in [6, 6.07) is 13.6. The van der Waals surface area contributed by atoms with E-state index < -0.39 is 43.2 Å². The highest BCUT2D eigenvalue weighted by Crippen LogP contribution is 2.28. The standard InChI is InChI=1S/C19H21NO7/c20-18(25)13-4-2-1-3-12(13)10-5-7-11(8-6-10)26-19-17(24)16(23)15(22)14(9-21)27-19/h1-8,14-17,19,21-24H,9H2,(H2,20,25). The van der Waals surface area contributed by atoms with Crippen LogP contribution in [0.5, 0.6) is 5.75 Å². The Morgan fingerprint density at radius 2 is 1.67 bits per heavy atom. The Bertz CT molecular complexity index is 793. The summed E-state index contributed by atoms with van der Waals surface area (Å²) in [4.78, 5) is 11.6. The van der Waals surface area contributed by atoms with Crippen molar-refractivity contribution < 1.29 is 34.7 Å². The van der Waals surface area contributed by atoms with E-state index in [-0.39, 0.29) is 0 Å². The van der Waals surface area contributed by atoms with Crippen LogP contribution in [0, 0.1) is 0 Å². The molecule has 8 heteroatoms. The van der Waals surface area contributed by atoms with Gasteiger partial charge in [0.15, 0.2) is 0 Å². The normalized spacial score (nSPS) is 27.9. The fourth-order valence-electron chi connectivity index (χ4n) is 2.96. The molecule has 27 heavy (non-hydrogen) atoms. The molecular weight excluding hydrogens is 354 g/mol. The first-order valence-corrected chi connectivity index (χ1v) is 8.39. The number of hydrogen-bond donors (Lipinski definition) is 5. The van der Waals surface area contributed by atoms with Crippen molar-refractivity contribution in [2.24, 2.45) is 5.73 Å². The average Bonchev–Trinajstić information content (AvgIpc) is 2.69. The maximum absolute atomic E-state index is 11.6. The molecule has 0 aromatic heterocycles. The van der Waals surface area contributed by atoms with Crippen LogP contribution in [0.3, 0.4) is 0 Å². The lowest BCUT2D eigenvalue weighted by Crippen LogP contribution is -2.60. The quantitative estimate of drug-likeness (QED) is 0.480. The van der Waals surface area contributed by atoms with Gasteiger partial charge in [0.1, 0.15) is 30.2 Å². The van der Waals surface area contributed by atoms with Crippen molar-refractivity contribution in [2.45, 2.75) is 30.7 Å². The number of aliphatic hydroxyl groups excluding tert-OH is 4. The van der Waals surface area contributed by atoms with E-state index in [1.165, 1.54) is 0 Å². The number of benzene rings is 2. The van der Waals surface area contributed by atoms with Crippen LogP contribution in [0.1, 0.15) is 10.4 Å². The summed E-state index contributed by atoms with van der Waals surface area (Å²) < 4.78 is 10.8. The third kappa shape index (κ3) is 3.95. The molecule has 1 aliphatic rings. The SMILES string of the molecule is NC(=O)c1ccccc1-c1ccc(OC2OC(CO)C(O)C(O)C2O)cc1. The van der Waals surface area contributed by atoms with Gasteiger partial charge in [-0.2, -0.15) is 0 Å². The van der Waals surface area contributed by atoms with Gasteiger partial charge in [0.25, 0.3) is 0 Å². The van der Waals surface area contributed by atoms with Crippen molar-refractivity contribution in [3.05, 3.63) is 54.1 Å². The van der Waals surface area contributed by atoms with Crippen LogP contribution in [0.2, 0.25) is 0 Å². The van der Waals surface area contributed by atoms with E-state index in [0.717, 1.165) is 5.56 Å². The second kappa shape index (κ2) is 8.03. The molecule has 8 nitrogen and oxygen atoms in total. The first-order valence-electron chi connectivity index (χ1n) is 8.39. The maximum Gasteiger partial charge on any atom is 0.249 e. The predicted octanol–water partition coefficient (Wildman–Crippen LogP) is -0.369. The number of ether oxygens (including phenoxy) is 2. The molecule has 2 aromatic carbocycles. The Morgan fingerprint density at radius 3 is 2.30 bits per heavy atom. The molecule has 1 heterocycles. The molecule has 0 radical (unpaired) electrons. The van der Waals surface area contributed by atoms with Gasteiger partial charge in [0.05, 0.1) is 6.61 Å². The van der Waals surface area contributed by atoms with Gasteiger partial charge in [0, 0.05) is 5.56 Å². The number of carbonyl (C=O) groups is 1. The van der Waals surface area contributed by atoms with Crippen molar-refractivity contribution in [2.75, 3.05) is 6.61 Å². The minimum absolute atomic E-state index is 0.333. The van der Waals surface area contributed by atoms with Gasteiger partial charge < -0.3 is 35.6 Å². The lowest BCUT2D eigenvalue weighted by Gasteiger charge is -2.39. The van der Waals surface area contributed by atoms with Crippen LogP contribution >= 0.6 is 0 Å². The zero-order valence-electron chi connectivity index (χ0n) is 14.3. The second-order valence-electron chi connectivity index (χ2n) is 6.25. The Kier molecular flexibility index (Phi) is 5.73. The zero-order valence-corrected chi connectivity index (χ0v) is 14.3. The monoisotopic (exact) mass is 375 g/mol. The van der Waals surface area contributed by atoms with E-state index in [2.05, 4.69) is 0 Å². The molecular formula is C19H21NO7. The summed E-state index contributed by atoms with van der Waals surface area (Å²) in [5, 5.41) is 38.8. The van der Waals surface area contributed by atoms with E-state index >= 15 is 0 Å². The largest absolute Gasteiger partial charge is 0.462 e. The van der Waals surface area contributed by atoms with Gasteiger partial charge in [-0.3, -0.25) is 4.79 Å². The molecule has 0 spiro atoms. The van der Waals surface area contributed by atoms with Crippen LogP contribution < -0.4 is 10.5 Å². The number of carbonyl (C=O) groups excluding carboxylic acids is 1. The Labute approximate surface area is 155 Å². The Morgan fingerprint density at radius 1 is 1.00 bits per heavy atom. The number of aliphatic hydroxyl groups is 4. The average molecular weight is 375 g/mol. The van der Waals surface area contributed by atoms with E-state index in [0.29, 0.717) is 16.9 Å². The van der Waals surface area contributed by atoms with Crippen molar-refractivity contribution in [1.29, 1.82) is 0 Å². The molecule has 0 bridgehead atoms. The number of hydrogen-bond acceptors (Lipinski definition) is 7. The van der Waals surface area contributed by atoms with Crippen LogP contribution in [0.25, 0.3) is 11.1 Å². The topological polar surface area (TPSA) is 142 Å². The van der Waals surface area contributed by atoms with Crippen LogP contribution in [-0.4, -0.2) is 63.6 Å². The summed E-state index contributed by atoms with van der Waals surface area (Å²) in [6.45, 7) is -0.534. The highest BCUT2D eigenvalue weighted by molar-refractivity contribution is 5.99. The van der Waals surface area contributed by atoms with Crippen molar-refractivity contribution >= 4 is 5.91 Å². The molecule has 3 rings (SSSR count). The molecule has 1 amide bonds. The number of nitrogens with two attached hydrogens (primary N) is 1. The number of rotatable bonds is 5. The van der Waals surface area contributed by atoms with Gasteiger partial charge in [-0.25, -0.2) is 0 Å². The molecule has 2 aromatic rings. The van der Waals surface area contributed by atoms with Crippen molar-refractivity contribution in [3.63, 3.8) is 0 Å². The highest BCUT2D eigenvalue weighted by Gasteiger charge is 2.44. The van der Waals surface area contributed by atoms with Gasteiger partial charge in [-0.15, -0.1) is 0 Å². The number of primary amides is 1. The lowest BCUT2D eigenvalue weighted by atomic mass is 9.99. The van der Waals surface area contributed by atoms with E-state index in [1.807, 2.05) is 0 Å².